The van der Waals surface area contributed by atoms with Crippen molar-refractivity contribution in [1.82, 2.24) is 5.32 Å². The summed E-state index contributed by atoms with van der Waals surface area (Å²) in [5, 5.41) is 3.49. The minimum absolute atomic E-state index is 0.0122. The Balaban J connectivity index is 2.25. The van der Waals surface area contributed by atoms with E-state index in [9.17, 15) is 8.78 Å². The van der Waals surface area contributed by atoms with Crippen LogP contribution in [0, 0.1) is 11.6 Å². The molecule has 0 radical (unpaired) electrons. The molecule has 0 heterocycles. The van der Waals surface area contributed by atoms with Crippen LogP contribution < -0.4 is 5.32 Å². The summed E-state index contributed by atoms with van der Waals surface area (Å²) in [5.41, 5.74) is 2.16. The minimum atomic E-state index is -0.778. The topological polar surface area (TPSA) is 12.0 Å². The van der Waals surface area contributed by atoms with Gasteiger partial charge in [-0.2, -0.15) is 0 Å². The zero-order valence-corrected chi connectivity index (χ0v) is 12.8. The third-order valence-electron chi connectivity index (χ3n) is 4.07. The average molecular weight is 293 g/mol. The molecular formula is C18H25F2N. The van der Waals surface area contributed by atoms with E-state index in [0.717, 1.165) is 31.4 Å². The van der Waals surface area contributed by atoms with Gasteiger partial charge in [-0.15, -0.1) is 0 Å². The fourth-order valence-electron chi connectivity index (χ4n) is 2.92. The van der Waals surface area contributed by atoms with E-state index in [1.54, 1.807) is 6.07 Å². The van der Waals surface area contributed by atoms with Crippen LogP contribution >= 0.6 is 0 Å². The lowest BCUT2D eigenvalue weighted by Crippen LogP contribution is -2.24. The molecule has 116 valence electrons. The Bertz CT molecular complexity index is 482. The molecule has 0 bridgehead atoms. The maximum atomic E-state index is 13.6. The normalized spacial score (nSPS) is 20.2. The molecule has 0 fully saturated rings. The van der Waals surface area contributed by atoms with Gasteiger partial charge in [0.1, 0.15) is 0 Å². The first-order valence-electron chi connectivity index (χ1n) is 8.09. The number of hydrogen-bond donors (Lipinski definition) is 1. The van der Waals surface area contributed by atoms with Gasteiger partial charge in [0.25, 0.3) is 0 Å². The summed E-state index contributed by atoms with van der Waals surface area (Å²) in [6.45, 7) is 2.99. The molecule has 0 spiro atoms. The molecule has 0 saturated carbocycles. The summed E-state index contributed by atoms with van der Waals surface area (Å²) in [6.07, 6.45) is 10.4. The van der Waals surface area contributed by atoms with Crippen LogP contribution in [0.2, 0.25) is 0 Å². The van der Waals surface area contributed by atoms with Gasteiger partial charge in [-0.05, 0) is 56.3 Å². The van der Waals surface area contributed by atoms with E-state index in [-0.39, 0.29) is 6.04 Å². The molecule has 1 aliphatic carbocycles. The summed E-state index contributed by atoms with van der Waals surface area (Å²) in [6, 6.07) is 4.28. The predicted molar refractivity (Wildman–Crippen MR) is 83.2 cm³/mol. The van der Waals surface area contributed by atoms with Crippen LogP contribution in [0.5, 0.6) is 0 Å². The van der Waals surface area contributed by atoms with E-state index in [1.165, 1.54) is 43.4 Å². The Kier molecular flexibility index (Phi) is 6.37. The highest BCUT2D eigenvalue weighted by atomic mass is 19.2. The van der Waals surface area contributed by atoms with E-state index < -0.39 is 11.6 Å². The lowest BCUT2D eigenvalue weighted by atomic mass is 9.90. The molecule has 1 aromatic rings. The summed E-state index contributed by atoms with van der Waals surface area (Å²) < 4.78 is 26.7. The van der Waals surface area contributed by atoms with Crippen molar-refractivity contribution >= 4 is 0 Å². The summed E-state index contributed by atoms with van der Waals surface area (Å²) in [7, 11) is 0. The van der Waals surface area contributed by atoms with E-state index >= 15 is 0 Å². The van der Waals surface area contributed by atoms with Crippen molar-refractivity contribution in [2.45, 2.75) is 57.9 Å². The Labute approximate surface area is 126 Å². The highest BCUT2D eigenvalue weighted by molar-refractivity contribution is 5.29. The van der Waals surface area contributed by atoms with Crippen molar-refractivity contribution in [1.29, 1.82) is 0 Å². The molecule has 1 N–H and O–H groups in total. The number of allylic oxidation sites excluding steroid dienone is 1. The van der Waals surface area contributed by atoms with Crippen molar-refractivity contribution in [3.8, 4) is 0 Å². The maximum Gasteiger partial charge on any atom is 0.159 e. The van der Waals surface area contributed by atoms with Gasteiger partial charge < -0.3 is 5.32 Å². The summed E-state index contributed by atoms with van der Waals surface area (Å²) in [4.78, 5) is 0. The molecule has 1 aromatic carbocycles. The molecule has 0 aromatic heterocycles. The van der Waals surface area contributed by atoms with Gasteiger partial charge >= 0.3 is 0 Å². The van der Waals surface area contributed by atoms with Crippen LogP contribution in [-0.2, 0) is 0 Å². The Morgan fingerprint density at radius 3 is 2.67 bits per heavy atom. The van der Waals surface area contributed by atoms with Crippen molar-refractivity contribution < 1.29 is 8.78 Å². The zero-order chi connectivity index (χ0) is 15.1. The van der Waals surface area contributed by atoms with Gasteiger partial charge in [0, 0.05) is 0 Å². The van der Waals surface area contributed by atoms with Crippen LogP contribution in [0.1, 0.15) is 63.5 Å². The fraction of sp³-hybridized carbons (Fsp3) is 0.556. The smallest absolute Gasteiger partial charge is 0.159 e. The standard InChI is InChI=1S/C18H25F2N/c1-2-12-21-18(14-8-6-4-3-5-7-9-14)15-10-11-16(19)17(20)13-15/h8,10-11,13,18,21H,2-7,9,12H2,1H3/b14-8+. The second-order valence-electron chi connectivity index (χ2n) is 5.79. The molecule has 0 saturated heterocycles. The number of halogens is 2. The van der Waals surface area contributed by atoms with Crippen LogP contribution in [0.4, 0.5) is 8.78 Å². The Morgan fingerprint density at radius 2 is 1.90 bits per heavy atom. The third-order valence-corrected chi connectivity index (χ3v) is 4.07. The SMILES string of the molecule is CCCNC(/C1=C/CCCCCC1)c1ccc(F)c(F)c1. The quantitative estimate of drug-likeness (QED) is 0.728. The second kappa shape index (κ2) is 8.28. The van der Waals surface area contributed by atoms with E-state index in [1.807, 2.05) is 0 Å². The summed E-state index contributed by atoms with van der Waals surface area (Å²) in [5.74, 6) is -1.54. The monoisotopic (exact) mass is 293 g/mol. The largest absolute Gasteiger partial charge is 0.307 e. The second-order valence-corrected chi connectivity index (χ2v) is 5.79. The van der Waals surface area contributed by atoms with E-state index in [4.69, 9.17) is 0 Å². The molecule has 1 atom stereocenters. The molecule has 1 aliphatic rings. The lowest BCUT2D eigenvalue weighted by Gasteiger charge is -2.24. The van der Waals surface area contributed by atoms with E-state index in [0.29, 0.717) is 0 Å². The zero-order valence-electron chi connectivity index (χ0n) is 12.8. The van der Waals surface area contributed by atoms with E-state index in [2.05, 4.69) is 18.3 Å². The highest BCUT2D eigenvalue weighted by Gasteiger charge is 2.18. The van der Waals surface area contributed by atoms with Crippen LogP contribution in [-0.4, -0.2) is 6.54 Å². The first kappa shape index (κ1) is 16.2. The first-order chi connectivity index (χ1) is 10.2. The van der Waals surface area contributed by atoms with Crippen molar-refractivity contribution in [3.05, 3.63) is 47.0 Å². The van der Waals surface area contributed by atoms with Crippen LogP contribution in [0.3, 0.4) is 0 Å². The molecule has 0 aliphatic heterocycles. The molecule has 2 rings (SSSR count). The van der Waals surface area contributed by atoms with Crippen molar-refractivity contribution in [3.63, 3.8) is 0 Å². The molecule has 0 amide bonds. The average Bonchev–Trinajstić information content (AvgIpc) is 2.44. The molecule has 3 heteroatoms. The third kappa shape index (κ3) is 4.63. The predicted octanol–water partition coefficient (Wildman–Crippen LogP) is 5.29. The Hall–Kier alpha value is -1.22. The fourth-order valence-corrected chi connectivity index (χ4v) is 2.92. The van der Waals surface area contributed by atoms with Gasteiger partial charge in [0.05, 0.1) is 6.04 Å². The minimum Gasteiger partial charge on any atom is -0.307 e. The summed E-state index contributed by atoms with van der Waals surface area (Å²) >= 11 is 0. The van der Waals surface area contributed by atoms with Crippen molar-refractivity contribution in [2.24, 2.45) is 0 Å². The lowest BCUT2D eigenvalue weighted by molar-refractivity contribution is 0.499. The molecular weight excluding hydrogens is 268 g/mol. The van der Waals surface area contributed by atoms with Crippen LogP contribution in [0.15, 0.2) is 29.8 Å². The number of nitrogens with one attached hydrogen (secondary N) is 1. The molecule has 1 unspecified atom stereocenters. The number of rotatable bonds is 5. The Morgan fingerprint density at radius 1 is 1.10 bits per heavy atom. The number of benzene rings is 1. The first-order valence-corrected chi connectivity index (χ1v) is 8.09. The van der Waals surface area contributed by atoms with Gasteiger partial charge in [0.2, 0.25) is 0 Å². The highest BCUT2D eigenvalue weighted by Crippen LogP contribution is 2.29. The molecule has 21 heavy (non-hydrogen) atoms. The van der Waals surface area contributed by atoms with Gasteiger partial charge in [0.15, 0.2) is 11.6 Å². The number of hydrogen-bond acceptors (Lipinski definition) is 1. The van der Waals surface area contributed by atoms with Crippen molar-refractivity contribution in [2.75, 3.05) is 6.54 Å². The van der Waals surface area contributed by atoms with Crippen LogP contribution in [0.25, 0.3) is 0 Å². The van der Waals surface area contributed by atoms with Gasteiger partial charge in [-0.25, -0.2) is 8.78 Å². The maximum absolute atomic E-state index is 13.6. The van der Waals surface area contributed by atoms with Gasteiger partial charge in [-0.3, -0.25) is 0 Å². The molecule has 1 nitrogen and oxygen atoms in total. The van der Waals surface area contributed by atoms with Gasteiger partial charge in [-0.1, -0.05) is 37.5 Å².